The number of ether oxygens (including phenoxy) is 1. The highest BCUT2D eigenvalue weighted by atomic mass is 31.2. The number of rotatable bonds is 9. The highest BCUT2D eigenvalue weighted by molar-refractivity contribution is 7.41. The molecule has 4 aliphatic carbocycles. The molecule has 0 amide bonds. The summed E-state index contributed by atoms with van der Waals surface area (Å²) in [5.74, 6) is -2.22. The van der Waals surface area contributed by atoms with Gasteiger partial charge in [-0.3, -0.25) is 9.59 Å². The molecule has 5 rings (SSSR count). The predicted octanol–water partition coefficient (Wildman–Crippen LogP) is 3.88. The van der Waals surface area contributed by atoms with Crippen LogP contribution in [0.1, 0.15) is 59.3 Å². The van der Waals surface area contributed by atoms with E-state index in [1.54, 1.807) is 26.8 Å². The minimum atomic E-state index is -2.04. The summed E-state index contributed by atoms with van der Waals surface area (Å²) in [5.41, 5.74) is -5.45. The first kappa shape index (κ1) is 29.9. The highest BCUT2D eigenvalue weighted by Gasteiger charge is 2.75. The summed E-state index contributed by atoms with van der Waals surface area (Å²) < 4.78 is 39.9. The van der Waals surface area contributed by atoms with Crippen LogP contribution in [0.3, 0.4) is 0 Å². The van der Waals surface area contributed by atoms with Crippen LogP contribution in [0.2, 0.25) is 0 Å². The molecule has 9 nitrogen and oxygen atoms in total. The summed E-state index contributed by atoms with van der Waals surface area (Å²) in [5, 5.41) is 32.5. The van der Waals surface area contributed by atoms with E-state index in [-0.39, 0.29) is 37.3 Å². The van der Waals surface area contributed by atoms with Crippen molar-refractivity contribution in [3.63, 3.8) is 0 Å². The second-order valence-electron chi connectivity index (χ2n) is 12.4. The van der Waals surface area contributed by atoms with Crippen molar-refractivity contribution in [2.75, 3.05) is 26.4 Å². The molecular formula is C29H39FNO8P. The first-order valence-corrected chi connectivity index (χ1v) is 15.3. The molecule has 220 valence electrons. The number of Topliss-reactive ketones (excluding diaryl/α,β-unsaturated/α-hetero) is 1. The SMILES string of the molecule is C[C@@H]1C[C@H]2[C@@H]3CCC4=CC(=O)C=C[C@]4(C)[C@@]3(F)[C@@H](O)C[C@]2(C)[C@@]1(O)C(=O)COP(OCCC#N)OC1CCOC1. The molecule has 4 fully saturated rings. The Balaban J connectivity index is 1.37. The number of nitrogens with zero attached hydrogens (tertiary/aromatic N) is 1. The number of hydrogen-bond donors (Lipinski definition) is 2. The van der Waals surface area contributed by atoms with E-state index in [0.29, 0.717) is 44.5 Å². The van der Waals surface area contributed by atoms with Gasteiger partial charge >= 0.3 is 8.60 Å². The van der Waals surface area contributed by atoms with Gasteiger partial charge in [-0.25, -0.2) is 4.39 Å². The Bertz CT molecular complexity index is 1140. The Morgan fingerprint density at radius 3 is 2.77 bits per heavy atom. The summed E-state index contributed by atoms with van der Waals surface area (Å²) in [6, 6.07) is 1.99. The fourth-order valence-corrected chi connectivity index (χ4v) is 9.41. The lowest BCUT2D eigenvalue weighted by Gasteiger charge is -2.62. The monoisotopic (exact) mass is 579 g/mol. The standard InChI is InChI=1S/C29H39FNO8P/c1-18-13-23-22-6-5-19-14-20(32)7-9-26(19,2)28(22,30)24(33)15-27(23,3)29(18,35)25(34)17-38-40(37-11-4-10-31)39-21-8-12-36-16-21/h7,9,14,18,21-24,33,35H,4-6,8,11-13,15-17H2,1-3H3/t18-,21?,22+,23+,24+,26+,27+,28+,29+,40?/m1/s1. The summed E-state index contributed by atoms with van der Waals surface area (Å²) in [6.07, 6.45) is 4.78. The normalized spacial score (nSPS) is 44.8. The second-order valence-corrected chi connectivity index (χ2v) is 13.6. The summed E-state index contributed by atoms with van der Waals surface area (Å²) in [7, 11) is -1.97. The number of halogens is 1. The van der Waals surface area contributed by atoms with E-state index in [4.69, 9.17) is 23.6 Å². The van der Waals surface area contributed by atoms with Crippen LogP contribution in [0, 0.1) is 39.9 Å². The largest absolute Gasteiger partial charge is 0.390 e. The molecule has 1 heterocycles. The van der Waals surface area contributed by atoms with Crippen LogP contribution >= 0.6 is 8.60 Å². The van der Waals surface area contributed by atoms with Gasteiger partial charge in [0.15, 0.2) is 17.2 Å². The highest BCUT2D eigenvalue weighted by Crippen LogP contribution is 2.70. The molecule has 2 unspecified atom stereocenters. The molecule has 10 atom stereocenters. The maximum atomic E-state index is 17.3. The van der Waals surface area contributed by atoms with Crippen molar-refractivity contribution in [1.82, 2.24) is 0 Å². The fourth-order valence-electron chi connectivity index (χ4n) is 8.34. The first-order chi connectivity index (χ1) is 18.9. The molecule has 0 bridgehead atoms. The average molecular weight is 580 g/mol. The number of allylic oxidation sites excluding steroid dienone is 4. The quantitative estimate of drug-likeness (QED) is 0.308. The Hall–Kier alpha value is -1.57. The number of alkyl halides is 1. The summed E-state index contributed by atoms with van der Waals surface area (Å²) in [4.78, 5) is 25.9. The number of aliphatic hydroxyl groups excluding tert-OH is 1. The lowest BCUT2D eigenvalue weighted by atomic mass is 9.44. The smallest absolute Gasteiger partial charge is 0.333 e. The predicted molar refractivity (Wildman–Crippen MR) is 142 cm³/mol. The van der Waals surface area contributed by atoms with Gasteiger partial charge in [-0.15, -0.1) is 0 Å². The van der Waals surface area contributed by atoms with Crippen molar-refractivity contribution in [3.8, 4) is 6.07 Å². The number of carbonyl (C=O) groups is 2. The van der Waals surface area contributed by atoms with Gasteiger partial charge in [0.2, 0.25) is 0 Å². The topological polar surface area (TPSA) is 135 Å². The van der Waals surface area contributed by atoms with Gasteiger partial charge in [-0.2, -0.15) is 5.26 Å². The Labute approximate surface area is 235 Å². The lowest BCUT2D eigenvalue weighted by Crippen LogP contribution is -2.69. The number of hydrogen-bond acceptors (Lipinski definition) is 9. The van der Waals surface area contributed by atoms with Crippen LogP contribution in [0.5, 0.6) is 0 Å². The fraction of sp³-hybridized carbons (Fsp3) is 0.759. The molecule has 1 aliphatic heterocycles. The van der Waals surface area contributed by atoms with E-state index in [1.807, 2.05) is 6.07 Å². The van der Waals surface area contributed by atoms with Gasteiger partial charge in [0.1, 0.15) is 12.2 Å². The molecule has 2 N–H and O–H groups in total. The molecular weight excluding hydrogens is 540 g/mol. The summed E-state index contributed by atoms with van der Waals surface area (Å²) in [6.45, 7) is 5.84. The molecule has 3 saturated carbocycles. The summed E-state index contributed by atoms with van der Waals surface area (Å²) >= 11 is 0. The second kappa shape index (κ2) is 10.9. The van der Waals surface area contributed by atoms with E-state index in [0.717, 1.165) is 0 Å². The van der Waals surface area contributed by atoms with E-state index >= 15 is 4.39 Å². The Kier molecular flexibility index (Phi) is 8.17. The third-order valence-electron chi connectivity index (χ3n) is 10.5. The van der Waals surface area contributed by atoms with Gasteiger partial charge in [0.25, 0.3) is 0 Å². The van der Waals surface area contributed by atoms with Gasteiger partial charge in [0.05, 0.1) is 37.9 Å². The number of fused-ring (bicyclic) bond motifs is 5. The minimum absolute atomic E-state index is 0.0755. The molecule has 0 radical (unpaired) electrons. The van der Waals surface area contributed by atoms with Crippen molar-refractivity contribution in [3.05, 3.63) is 23.8 Å². The third-order valence-corrected chi connectivity index (χ3v) is 11.7. The maximum absolute atomic E-state index is 17.3. The van der Waals surface area contributed by atoms with Crippen molar-refractivity contribution in [2.45, 2.75) is 82.8 Å². The third kappa shape index (κ3) is 4.44. The van der Waals surface area contributed by atoms with Gasteiger partial charge < -0.3 is 28.5 Å². The van der Waals surface area contributed by atoms with Crippen molar-refractivity contribution in [1.29, 1.82) is 5.26 Å². The molecule has 0 aromatic rings. The van der Waals surface area contributed by atoms with Crippen LogP contribution in [0.4, 0.5) is 4.39 Å². The van der Waals surface area contributed by atoms with E-state index < -0.39 is 61.0 Å². The van der Waals surface area contributed by atoms with Crippen LogP contribution in [0.15, 0.2) is 23.8 Å². The van der Waals surface area contributed by atoms with E-state index in [9.17, 15) is 19.8 Å². The van der Waals surface area contributed by atoms with Crippen molar-refractivity contribution < 1.29 is 42.5 Å². The Morgan fingerprint density at radius 1 is 1.30 bits per heavy atom. The van der Waals surface area contributed by atoms with Crippen LogP contribution in [-0.4, -0.2) is 71.7 Å². The molecule has 0 aromatic heterocycles. The molecule has 5 aliphatic rings. The maximum Gasteiger partial charge on any atom is 0.333 e. The van der Waals surface area contributed by atoms with E-state index in [2.05, 4.69) is 0 Å². The molecule has 0 spiro atoms. The lowest BCUT2D eigenvalue weighted by molar-refractivity contribution is -0.219. The van der Waals surface area contributed by atoms with Crippen LogP contribution < -0.4 is 0 Å². The molecule has 0 aromatic carbocycles. The number of nitriles is 1. The molecule has 40 heavy (non-hydrogen) atoms. The number of carbonyl (C=O) groups excluding carboxylic acids is 2. The molecule has 11 heteroatoms. The zero-order valence-electron chi connectivity index (χ0n) is 23.3. The zero-order chi connectivity index (χ0) is 28.9. The first-order valence-electron chi connectivity index (χ1n) is 14.2. The van der Waals surface area contributed by atoms with Crippen LogP contribution in [0.25, 0.3) is 0 Å². The van der Waals surface area contributed by atoms with Crippen LogP contribution in [-0.2, 0) is 27.9 Å². The number of aliphatic hydroxyl groups is 2. The van der Waals surface area contributed by atoms with E-state index in [1.165, 1.54) is 12.2 Å². The Morgan fingerprint density at radius 2 is 2.08 bits per heavy atom. The zero-order valence-corrected chi connectivity index (χ0v) is 24.2. The number of ketones is 2. The van der Waals surface area contributed by atoms with Gasteiger partial charge in [-0.05, 0) is 63.0 Å². The average Bonchev–Trinajstić information content (AvgIpc) is 3.49. The van der Waals surface area contributed by atoms with Gasteiger partial charge in [0, 0.05) is 23.4 Å². The van der Waals surface area contributed by atoms with Gasteiger partial charge in [-0.1, -0.05) is 25.5 Å². The minimum Gasteiger partial charge on any atom is -0.390 e. The van der Waals surface area contributed by atoms with Crippen molar-refractivity contribution in [2.24, 2.45) is 28.6 Å². The van der Waals surface area contributed by atoms with Crippen molar-refractivity contribution >= 4 is 20.2 Å². The molecule has 1 saturated heterocycles.